The van der Waals surface area contributed by atoms with Crippen LogP contribution in [0.4, 0.5) is 11.4 Å². The van der Waals surface area contributed by atoms with Crippen molar-refractivity contribution in [3.8, 4) is 0 Å². The number of aryl methyl sites for hydroxylation is 1. The van der Waals surface area contributed by atoms with Crippen molar-refractivity contribution in [2.45, 2.75) is 19.8 Å². The normalized spacial score (nSPS) is 13.0. The van der Waals surface area contributed by atoms with Crippen LogP contribution < -0.4 is 16.0 Å². The smallest absolute Gasteiger partial charge is 0.251 e. The molecule has 3 rings (SSSR count). The molecule has 26 heavy (non-hydrogen) atoms. The molecule has 134 valence electrons. The lowest BCUT2D eigenvalue weighted by Gasteiger charge is -2.09. The molecule has 1 saturated carbocycles. The monoisotopic (exact) mass is 351 g/mol. The number of benzene rings is 2. The molecule has 2 aromatic rings. The number of nitrogens with one attached hydrogen (secondary N) is 3. The fourth-order valence-electron chi connectivity index (χ4n) is 2.44. The van der Waals surface area contributed by atoms with Crippen LogP contribution in [0.1, 0.15) is 28.8 Å². The summed E-state index contributed by atoms with van der Waals surface area (Å²) < 4.78 is 0. The predicted molar refractivity (Wildman–Crippen MR) is 99.9 cm³/mol. The summed E-state index contributed by atoms with van der Waals surface area (Å²) in [4.78, 5) is 35.9. The van der Waals surface area contributed by atoms with Crippen LogP contribution in [0.2, 0.25) is 0 Å². The summed E-state index contributed by atoms with van der Waals surface area (Å²) in [7, 11) is 0. The molecule has 6 nitrogen and oxygen atoms in total. The Kier molecular flexibility index (Phi) is 5.31. The van der Waals surface area contributed by atoms with Crippen molar-refractivity contribution in [1.29, 1.82) is 0 Å². The van der Waals surface area contributed by atoms with E-state index in [-0.39, 0.29) is 30.2 Å². The Morgan fingerprint density at radius 2 is 1.62 bits per heavy atom. The first-order valence-electron chi connectivity index (χ1n) is 8.57. The molecule has 0 bridgehead atoms. The number of carbonyl (C=O) groups is 3. The van der Waals surface area contributed by atoms with Crippen LogP contribution in [0, 0.1) is 12.8 Å². The number of hydrogen-bond acceptors (Lipinski definition) is 3. The number of carbonyl (C=O) groups excluding carboxylic acids is 3. The Hall–Kier alpha value is -3.15. The van der Waals surface area contributed by atoms with Gasteiger partial charge in [-0.15, -0.1) is 0 Å². The van der Waals surface area contributed by atoms with Crippen molar-refractivity contribution < 1.29 is 14.4 Å². The molecule has 1 aliphatic carbocycles. The molecule has 0 radical (unpaired) electrons. The van der Waals surface area contributed by atoms with Crippen molar-refractivity contribution in [3.63, 3.8) is 0 Å². The van der Waals surface area contributed by atoms with Crippen LogP contribution in [-0.4, -0.2) is 24.3 Å². The van der Waals surface area contributed by atoms with Crippen molar-refractivity contribution in [3.05, 3.63) is 59.7 Å². The third-order valence-electron chi connectivity index (χ3n) is 4.09. The van der Waals surface area contributed by atoms with Gasteiger partial charge in [0.25, 0.3) is 5.91 Å². The van der Waals surface area contributed by atoms with E-state index in [1.165, 1.54) is 0 Å². The molecule has 1 fully saturated rings. The largest absolute Gasteiger partial charge is 0.343 e. The molecule has 1 aliphatic rings. The van der Waals surface area contributed by atoms with Crippen molar-refractivity contribution in [2.75, 3.05) is 17.2 Å². The molecule has 3 amide bonds. The van der Waals surface area contributed by atoms with Gasteiger partial charge in [0, 0.05) is 22.9 Å². The van der Waals surface area contributed by atoms with Crippen LogP contribution in [0.3, 0.4) is 0 Å². The van der Waals surface area contributed by atoms with E-state index in [0.29, 0.717) is 16.9 Å². The van der Waals surface area contributed by atoms with Gasteiger partial charge >= 0.3 is 0 Å². The summed E-state index contributed by atoms with van der Waals surface area (Å²) in [5.41, 5.74) is 2.78. The van der Waals surface area contributed by atoms with E-state index >= 15 is 0 Å². The first-order chi connectivity index (χ1) is 12.5. The zero-order valence-corrected chi connectivity index (χ0v) is 14.5. The van der Waals surface area contributed by atoms with Gasteiger partial charge in [0.1, 0.15) is 0 Å². The Bertz CT molecular complexity index is 826. The highest BCUT2D eigenvalue weighted by atomic mass is 16.2. The average Bonchev–Trinajstić information content (AvgIpc) is 3.46. The van der Waals surface area contributed by atoms with Gasteiger partial charge in [-0.1, -0.05) is 23.8 Å². The fraction of sp³-hybridized carbons (Fsp3) is 0.250. The fourth-order valence-corrected chi connectivity index (χ4v) is 2.44. The van der Waals surface area contributed by atoms with E-state index in [1.54, 1.807) is 36.4 Å². The zero-order valence-electron chi connectivity index (χ0n) is 14.5. The highest BCUT2D eigenvalue weighted by Crippen LogP contribution is 2.30. The van der Waals surface area contributed by atoms with E-state index in [2.05, 4.69) is 16.0 Å². The molecule has 0 saturated heterocycles. The Balaban J connectivity index is 1.50. The molecule has 0 atom stereocenters. The number of amides is 3. The summed E-state index contributed by atoms with van der Waals surface area (Å²) in [5, 5.41) is 8.13. The Labute approximate surface area is 152 Å². The van der Waals surface area contributed by atoms with E-state index in [9.17, 15) is 14.4 Å². The van der Waals surface area contributed by atoms with Crippen molar-refractivity contribution >= 4 is 29.1 Å². The van der Waals surface area contributed by atoms with Crippen molar-refractivity contribution in [1.82, 2.24) is 5.32 Å². The summed E-state index contributed by atoms with van der Waals surface area (Å²) >= 11 is 0. The number of hydrogen-bond donors (Lipinski definition) is 3. The molecule has 0 spiro atoms. The summed E-state index contributed by atoms with van der Waals surface area (Å²) in [6.07, 6.45) is 1.87. The van der Waals surface area contributed by atoms with Gasteiger partial charge in [-0.05, 0) is 50.1 Å². The van der Waals surface area contributed by atoms with Crippen LogP contribution in [0.5, 0.6) is 0 Å². The molecular formula is C20H21N3O3. The van der Waals surface area contributed by atoms with E-state index in [1.807, 2.05) is 19.1 Å². The van der Waals surface area contributed by atoms with Gasteiger partial charge in [0.05, 0.1) is 6.54 Å². The predicted octanol–water partition coefficient (Wildman–Crippen LogP) is 2.71. The minimum absolute atomic E-state index is 0.0128. The summed E-state index contributed by atoms with van der Waals surface area (Å²) in [6.45, 7) is 1.81. The highest BCUT2D eigenvalue weighted by molar-refractivity contribution is 6.00. The molecule has 0 heterocycles. The zero-order chi connectivity index (χ0) is 18.5. The van der Waals surface area contributed by atoms with Crippen LogP contribution in [0.25, 0.3) is 0 Å². The molecule has 3 N–H and O–H groups in total. The minimum Gasteiger partial charge on any atom is -0.343 e. The van der Waals surface area contributed by atoms with Gasteiger partial charge in [0.2, 0.25) is 11.8 Å². The van der Waals surface area contributed by atoms with Gasteiger partial charge in [-0.2, -0.15) is 0 Å². The maximum absolute atomic E-state index is 12.0. The van der Waals surface area contributed by atoms with Crippen LogP contribution >= 0.6 is 0 Å². The Morgan fingerprint density at radius 3 is 2.27 bits per heavy atom. The lowest BCUT2D eigenvalue weighted by Crippen LogP contribution is -2.32. The third-order valence-corrected chi connectivity index (χ3v) is 4.09. The second kappa shape index (κ2) is 7.82. The first-order valence-corrected chi connectivity index (χ1v) is 8.57. The SMILES string of the molecule is Cc1ccc(C(=O)NCC(=O)Nc2cccc(NC(=O)C3CC3)c2)cc1. The van der Waals surface area contributed by atoms with E-state index in [4.69, 9.17) is 0 Å². The summed E-state index contributed by atoms with van der Waals surface area (Å²) in [5.74, 6) is -0.509. The van der Waals surface area contributed by atoms with Gasteiger partial charge in [-0.25, -0.2) is 0 Å². The minimum atomic E-state index is -0.337. The maximum atomic E-state index is 12.0. The summed E-state index contributed by atoms with van der Waals surface area (Å²) in [6, 6.07) is 14.1. The highest BCUT2D eigenvalue weighted by Gasteiger charge is 2.29. The molecule has 2 aromatic carbocycles. The van der Waals surface area contributed by atoms with Crippen molar-refractivity contribution in [2.24, 2.45) is 5.92 Å². The molecule has 6 heteroatoms. The van der Waals surface area contributed by atoms with Gasteiger partial charge in [0.15, 0.2) is 0 Å². The van der Waals surface area contributed by atoms with E-state index in [0.717, 1.165) is 18.4 Å². The van der Waals surface area contributed by atoms with Gasteiger partial charge in [-0.3, -0.25) is 14.4 Å². The first kappa shape index (κ1) is 17.7. The lowest BCUT2D eigenvalue weighted by molar-refractivity contribution is -0.117. The van der Waals surface area contributed by atoms with Crippen LogP contribution in [0.15, 0.2) is 48.5 Å². The molecule has 0 unspecified atom stereocenters. The molecular weight excluding hydrogens is 330 g/mol. The second-order valence-electron chi connectivity index (χ2n) is 6.44. The molecule has 0 aliphatic heterocycles. The Morgan fingerprint density at radius 1 is 0.962 bits per heavy atom. The maximum Gasteiger partial charge on any atom is 0.251 e. The number of rotatable bonds is 6. The average molecular weight is 351 g/mol. The van der Waals surface area contributed by atoms with E-state index < -0.39 is 0 Å². The van der Waals surface area contributed by atoms with Gasteiger partial charge < -0.3 is 16.0 Å². The number of anilines is 2. The quantitative estimate of drug-likeness (QED) is 0.748. The standard InChI is InChI=1S/C20H21N3O3/c1-13-5-7-14(8-6-13)19(25)21-12-18(24)22-16-3-2-4-17(11-16)23-20(26)15-9-10-15/h2-8,11,15H,9-10,12H2,1H3,(H,21,25)(H,22,24)(H,23,26). The topological polar surface area (TPSA) is 87.3 Å². The lowest BCUT2D eigenvalue weighted by atomic mass is 10.1. The second-order valence-corrected chi connectivity index (χ2v) is 6.44. The van der Waals surface area contributed by atoms with Crippen LogP contribution in [-0.2, 0) is 9.59 Å². The molecule has 0 aromatic heterocycles. The third kappa shape index (κ3) is 4.92.